The molecule has 0 aromatic carbocycles. The fourth-order valence-electron chi connectivity index (χ4n) is 2.13. The summed E-state index contributed by atoms with van der Waals surface area (Å²) in [5.74, 6) is 0. The van der Waals surface area contributed by atoms with Crippen LogP contribution in [0.25, 0.3) is 0 Å². The van der Waals surface area contributed by atoms with E-state index in [1.165, 1.54) is 0 Å². The predicted octanol–water partition coefficient (Wildman–Crippen LogP) is 0.848. The first kappa shape index (κ1) is 14.9. The van der Waals surface area contributed by atoms with E-state index >= 15 is 0 Å². The van der Waals surface area contributed by atoms with Crippen molar-refractivity contribution >= 4 is 0 Å². The third-order valence-corrected chi connectivity index (χ3v) is 3.70. The lowest BCUT2D eigenvalue weighted by atomic mass is 9.98. The van der Waals surface area contributed by atoms with E-state index in [2.05, 4.69) is 31.1 Å². The van der Waals surface area contributed by atoms with Crippen molar-refractivity contribution in [3.8, 4) is 0 Å². The van der Waals surface area contributed by atoms with Crippen LogP contribution < -0.4 is 5.32 Å². The van der Waals surface area contributed by atoms with Gasteiger partial charge in [0.1, 0.15) is 0 Å². The van der Waals surface area contributed by atoms with Gasteiger partial charge in [0, 0.05) is 24.7 Å². The minimum atomic E-state index is -0.149. The average Bonchev–Trinajstić information content (AvgIpc) is 2.87. The molecule has 0 amide bonds. The average molecular weight is 244 g/mol. The standard InChI is InChI=1S/C13H28N2O2/c1-4-7-14-13(2,11-16)6-8-15(3)12-5-9-17-10-12/h12,14,16H,4-11H2,1-3H3. The summed E-state index contributed by atoms with van der Waals surface area (Å²) in [6.45, 7) is 8.15. The van der Waals surface area contributed by atoms with Gasteiger partial charge in [-0.05, 0) is 39.8 Å². The van der Waals surface area contributed by atoms with E-state index in [0.717, 1.165) is 45.6 Å². The summed E-state index contributed by atoms with van der Waals surface area (Å²) < 4.78 is 5.39. The van der Waals surface area contributed by atoms with Gasteiger partial charge < -0.3 is 20.1 Å². The van der Waals surface area contributed by atoms with Gasteiger partial charge in [0.2, 0.25) is 0 Å². The second-order valence-corrected chi connectivity index (χ2v) is 5.39. The Morgan fingerprint density at radius 2 is 2.29 bits per heavy atom. The van der Waals surface area contributed by atoms with E-state index in [-0.39, 0.29) is 12.1 Å². The van der Waals surface area contributed by atoms with Gasteiger partial charge in [0.15, 0.2) is 0 Å². The van der Waals surface area contributed by atoms with Gasteiger partial charge >= 0.3 is 0 Å². The summed E-state index contributed by atoms with van der Waals surface area (Å²) in [5, 5.41) is 12.9. The van der Waals surface area contributed by atoms with Crippen LogP contribution in [-0.4, -0.2) is 61.5 Å². The number of nitrogens with one attached hydrogen (secondary N) is 1. The predicted molar refractivity (Wildman–Crippen MR) is 70.3 cm³/mol. The molecule has 17 heavy (non-hydrogen) atoms. The number of rotatable bonds is 8. The van der Waals surface area contributed by atoms with Crippen LogP contribution >= 0.6 is 0 Å². The number of likely N-dealkylation sites (N-methyl/N-ethyl adjacent to an activating group) is 1. The largest absolute Gasteiger partial charge is 0.394 e. The molecule has 1 saturated heterocycles. The molecule has 0 aromatic rings. The quantitative estimate of drug-likeness (QED) is 0.664. The minimum absolute atomic E-state index is 0.149. The highest BCUT2D eigenvalue weighted by atomic mass is 16.5. The maximum absolute atomic E-state index is 9.48. The van der Waals surface area contributed by atoms with E-state index in [4.69, 9.17) is 4.74 Å². The van der Waals surface area contributed by atoms with Crippen molar-refractivity contribution in [3.63, 3.8) is 0 Å². The molecule has 0 saturated carbocycles. The molecule has 0 aromatic heterocycles. The number of hydrogen-bond donors (Lipinski definition) is 2. The molecule has 1 aliphatic rings. The van der Waals surface area contributed by atoms with Crippen LogP contribution in [0.5, 0.6) is 0 Å². The van der Waals surface area contributed by atoms with Crippen molar-refractivity contribution in [1.82, 2.24) is 10.2 Å². The number of hydrogen-bond acceptors (Lipinski definition) is 4. The Balaban J connectivity index is 2.30. The Labute approximate surface area is 105 Å². The summed E-state index contributed by atoms with van der Waals surface area (Å²) in [5.41, 5.74) is -0.149. The third-order valence-electron chi connectivity index (χ3n) is 3.70. The van der Waals surface area contributed by atoms with Gasteiger partial charge in [-0.3, -0.25) is 0 Å². The fourth-order valence-corrected chi connectivity index (χ4v) is 2.13. The van der Waals surface area contributed by atoms with Crippen molar-refractivity contribution in [1.29, 1.82) is 0 Å². The van der Waals surface area contributed by atoms with Crippen LogP contribution in [-0.2, 0) is 4.74 Å². The zero-order valence-corrected chi connectivity index (χ0v) is 11.5. The van der Waals surface area contributed by atoms with Crippen LogP contribution in [0.3, 0.4) is 0 Å². The zero-order valence-electron chi connectivity index (χ0n) is 11.5. The van der Waals surface area contributed by atoms with Crippen molar-refractivity contribution in [2.24, 2.45) is 0 Å². The number of ether oxygens (including phenoxy) is 1. The summed E-state index contributed by atoms with van der Waals surface area (Å²) >= 11 is 0. The molecule has 1 rings (SSSR count). The molecule has 0 radical (unpaired) electrons. The Morgan fingerprint density at radius 3 is 2.82 bits per heavy atom. The van der Waals surface area contributed by atoms with E-state index in [0.29, 0.717) is 6.04 Å². The molecule has 0 spiro atoms. The molecule has 4 nitrogen and oxygen atoms in total. The van der Waals surface area contributed by atoms with Gasteiger partial charge in [0.25, 0.3) is 0 Å². The van der Waals surface area contributed by atoms with Gasteiger partial charge in [-0.1, -0.05) is 6.92 Å². The first-order valence-corrected chi connectivity index (χ1v) is 6.75. The Hall–Kier alpha value is -0.160. The Bertz CT molecular complexity index is 208. The molecule has 1 aliphatic heterocycles. The van der Waals surface area contributed by atoms with E-state index in [9.17, 15) is 5.11 Å². The topological polar surface area (TPSA) is 44.7 Å². The molecule has 2 atom stereocenters. The number of nitrogens with zero attached hydrogens (tertiary/aromatic N) is 1. The second-order valence-electron chi connectivity index (χ2n) is 5.39. The van der Waals surface area contributed by atoms with Gasteiger partial charge in [-0.15, -0.1) is 0 Å². The first-order chi connectivity index (χ1) is 8.11. The van der Waals surface area contributed by atoms with Crippen LogP contribution in [0.2, 0.25) is 0 Å². The molecule has 0 aliphatic carbocycles. The minimum Gasteiger partial charge on any atom is -0.394 e. The lowest BCUT2D eigenvalue weighted by molar-refractivity contribution is 0.128. The van der Waals surface area contributed by atoms with E-state index < -0.39 is 0 Å². The van der Waals surface area contributed by atoms with Crippen molar-refractivity contribution in [2.75, 3.05) is 40.0 Å². The van der Waals surface area contributed by atoms with Crippen LogP contribution in [0.1, 0.15) is 33.1 Å². The van der Waals surface area contributed by atoms with Gasteiger partial charge in [-0.2, -0.15) is 0 Å². The smallest absolute Gasteiger partial charge is 0.0622 e. The third kappa shape index (κ3) is 4.92. The highest BCUT2D eigenvalue weighted by Crippen LogP contribution is 2.14. The van der Waals surface area contributed by atoms with E-state index in [1.807, 2.05) is 0 Å². The van der Waals surface area contributed by atoms with E-state index in [1.54, 1.807) is 0 Å². The second kappa shape index (κ2) is 7.31. The van der Waals surface area contributed by atoms with Crippen LogP contribution in [0, 0.1) is 0 Å². The summed E-state index contributed by atoms with van der Waals surface area (Å²) in [6.07, 6.45) is 3.20. The monoisotopic (exact) mass is 244 g/mol. The van der Waals surface area contributed by atoms with Crippen molar-refractivity contribution < 1.29 is 9.84 Å². The number of aliphatic hydroxyl groups excluding tert-OH is 1. The Kier molecular flexibility index (Phi) is 6.41. The molecular formula is C13H28N2O2. The molecule has 1 heterocycles. The lowest BCUT2D eigenvalue weighted by Gasteiger charge is -2.32. The summed E-state index contributed by atoms with van der Waals surface area (Å²) in [6, 6.07) is 0.559. The highest BCUT2D eigenvalue weighted by molar-refractivity contribution is 4.84. The normalized spacial score (nSPS) is 24.2. The molecule has 4 heteroatoms. The maximum Gasteiger partial charge on any atom is 0.0622 e. The Morgan fingerprint density at radius 1 is 1.53 bits per heavy atom. The van der Waals surface area contributed by atoms with Gasteiger partial charge in [-0.25, -0.2) is 0 Å². The highest BCUT2D eigenvalue weighted by Gasteiger charge is 2.25. The van der Waals surface area contributed by atoms with Crippen LogP contribution in [0.4, 0.5) is 0 Å². The van der Waals surface area contributed by atoms with Crippen molar-refractivity contribution in [2.45, 2.75) is 44.7 Å². The molecule has 1 fully saturated rings. The first-order valence-electron chi connectivity index (χ1n) is 6.75. The maximum atomic E-state index is 9.48. The molecule has 2 unspecified atom stereocenters. The SMILES string of the molecule is CCCNC(C)(CO)CCN(C)C1CCOC1. The summed E-state index contributed by atoms with van der Waals surface area (Å²) in [7, 11) is 2.15. The number of aliphatic hydroxyl groups is 1. The molecule has 102 valence electrons. The molecular weight excluding hydrogens is 216 g/mol. The summed E-state index contributed by atoms with van der Waals surface area (Å²) in [4.78, 5) is 2.36. The zero-order chi connectivity index (χ0) is 12.7. The molecule has 0 bridgehead atoms. The molecule has 2 N–H and O–H groups in total. The fraction of sp³-hybridized carbons (Fsp3) is 1.00. The lowest BCUT2D eigenvalue weighted by Crippen LogP contribution is -2.48. The van der Waals surface area contributed by atoms with Crippen molar-refractivity contribution in [3.05, 3.63) is 0 Å². The van der Waals surface area contributed by atoms with Gasteiger partial charge in [0.05, 0.1) is 13.2 Å². The van der Waals surface area contributed by atoms with Crippen LogP contribution in [0.15, 0.2) is 0 Å².